The second kappa shape index (κ2) is 5.45. The summed E-state index contributed by atoms with van der Waals surface area (Å²) in [6.45, 7) is 3.64. The highest BCUT2D eigenvalue weighted by molar-refractivity contribution is 7.15. The van der Waals surface area contributed by atoms with Gasteiger partial charge in [0.1, 0.15) is 5.78 Å². The van der Waals surface area contributed by atoms with Gasteiger partial charge in [-0.3, -0.25) is 4.79 Å². The van der Waals surface area contributed by atoms with E-state index in [1.165, 1.54) is 4.88 Å². The molecule has 1 atom stereocenters. The number of fused-ring (bicyclic) bond motifs is 1. The number of ketones is 1. The Morgan fingerprint density at radius 2 is 2.47 bits per heavy atom. The van der Waals surface area contributed by atoms with Crippen LogP contribution < -0.4 is 5.73 Å². The molecule has 0 saturated carbocycles. The Morgan fingerprint density at radius 3 is 3.24 bits per heavy atom. The van der Waals surface area contributed by atoms with Crippen LogP contribution in [0.3, 0.4) is 0 Å². The molecule has 1 aromatic rings. The third-order valence-corrected chi connectivity index (χ3v) is 4.19. The summed E-state index contributed by atoms with van der Waals surface area (Å²) >= 11 is 1.59. The molecule has 17 heavy (non-hydrogen) atoms. The van der Waals surface area contributed by atoms with E-state index < -0.39 is 0 Å². The number of hydrogen-bond acceptors (Lipinski definition) is 4. The molecule has 1 aliphatic rings. The van der Waals surface area contributed by atoms with E-state index in [1.807, 2.05) is 0 Å². The van der Waals surface area contributed by atoms with E-state index in [2.05, 4.69) is 11.6 Å². The van der Waals surface area contributed by atoms with Gasteiger partial charge in [-0.1, -0.05) is 6.08 Å². The first-order valence-electron chi connectivity index (χ1n) is 6.05. The van der Waals surface area contributed by atoms with E-state index in [0.717, 1.165) is 31.4 Å². The van der Waals surface area contributed by atoms with Crippen LogP contribution >= 0.6 is 11.3 Å². The zero-order valence-electron chi connectivity index (χ0n) is 9.95. The Labute approximate surface area is 106 Å². The van der Waals surface area contributed by atoms with Crippen LogP contribution in [-0.2, 0) is 17.6 Å². The normalized spacial score (nSPS) is 18.7. The average Bonchev–Trinajstić information content (AvgIpc) is 2.65. The maximum absolute atomic E-state index is 11.7. The van der Waals surface area contributed by atoms with Gasteiger partial charge in [-0.05, 0) is 31.6 Å². The molecule has 1 heterocycles. The van der Waals surface area contributed by atoms with Crippen molar-refractivity contribution in [2.75, 3.05) is 5.73 Å². The molecule has 92 valence electrons. The van der Waals surface area contributed by atoms with Gasteiger partial charge in [-0.2, -0.15) is 0 Å². The lowest BCUT2D eigenvalue weighted by Gasteiger charge is -2.20. The van der Waals surface area contributed by atoms with Gasteiger partial charge in [0.2, 0.25) is 0 Å². The number of anilines is 1. The Hall–Kier alpha value is -1.16. The Morgan fingerprint density at radius 1 is 1.65 bits per heavy atom. The number of thiazole rings is 1. The minimum Gasteiger partial charge on any atom is -0.375 e. The molecule has 1 unspecified atom stereocenters. The average molecular weight is 250 g/mol. The predicted octanol–water partition coefficient (Wildman–Crippen LogP) is 2.76. The number of carbonyl (C=O) groups excluding carboxylic acids is 1. The van der Waals surface area contributed by atoms with Crippen LogP contribution in [0.2, 0.25) is 0 Å². The molecule has 0 radical (unpaired) electrons. The van der Waals surface area contributed by atoms with Gasteiger partial charge in [-0.25, -0.2) is 4.98 Å². The summed E-state index contributed by atoms with van der Waals surface area (Å²) in [4.78, 5) is 17.4. The van der Waals surface area contributed by atoms with Crippen LogP contribution in [0.1, 0.15) is 36.3 Å². The number of hydrogen-bond donors (Lipinski definition) is 1. The molecular weight excluding hydrogens is 232 g/mol. The van der Waals surface area contributed by atoms with Crippen molar-refractivity contribution in [3.8, 4) is 0 Å². The predicted molar refractivity (Wildman–Crippen MR) is 71.1 cm³/mol. The lowest BCUT2D eigenvalue weighted by Crippen LogP contribution is -2.17. The number of allylic oxidation sites excluding steroid dienone is 1. The van der Waals surface area contributed by atoms with Crippen LogP contribution in [0.5, 0.6) is 0 Å². The van der Waals surface area contributed by atoms with E-state index >= 15 is 0 Å². The molecule has 0 amide bonds. The first-order chi connectivity index (χ1) is 8.19. The Kier molecular flexibility index (Phi) is 3.94. The van der Waals surface area contributed by atoms with Crippen molar-refractivity contribution in [3.05, 3.63) is 23.2 Å². The topological polar surface area (TPSA) is 56.0 Å². The fourth-order valence-electron chi connectivity index (χ4n) is 2.33. The zero-order chi connectivity index (χ0) is 12.3. The number of Topliss-reactive ketones (excluding diaryl/α,β-unsaturated/α-hetero) is 1. The summed E-state index contributed by atoms with van der Waals surface area (Å²) in [5, 5.41) is 0.661. The molecule has 1 aromatic heterocycles. The first-order valence-corrected chi connectivity index (χ1v) is 6.87. The van der Waals surface area contributed by atoms with Crippen LogP contribution in [0.25, 0.3) is 0 Å². The van der Waals surface area contributed by atoms with Crippen molar-refractivity contribution in [2.45, 2.75) is 38.5 Å². The number of rotatable bonds is 5. The second-order valence-corrected chi connectivity index (χ2v) is 5.72. The molecular formula is C13H18N2OS. The summed E-state index contributed by atoms with van der Waals surface area (Å²) in [5.41, 5.74) is 6.83. The van der Waals surface area contributed by atoms with E-state index in [1.54, 1.807) is 17.4 Å². The number of nitrogens with zero attached hydrogens (tertiary/aromatic N) is 1. The van der Waals surface area contributed by atoms with Crippen molar-refractivity contribution < 1.29 is 4.79 Å². The minimum absolute atomic E-state index is 0.349. The largest absolute Gasteiger partial charge is 0.375 e. The minimum atomic E-state index is 0.349. The molecule has 0 aliphatic heterocycles. The molecule has 3 nitrogen and oxygen atoms in total. The second-order valence-electron chi connectivity index (χ2n) is 4.60. The maximum atomic E-state index is 11.7. The summed E-state index contributed by atoms with van der Waals surface area (Å²) in [7, 11) is 0. The molecule has 1 aliphatic carbocycles. The van der Waals surface area contributed by atoms with Gasteiger partial charge in [0.15, 0.2) is 5.13 Å². The van der Waals surface area contributed by atoms with Crippen molar-refractivity contribution >= 4 is 22.3 Å². The summed E-state index contributed by atoms with van der Waals surface area (Å²) in [6, 6.07) is 0. The van der Waals surface area contributed by atoms with Crippen molar-refractivity contribution in [1.82, 2.24) is 4.98 Å². The Bertz CT molecular complexity index is 425. The summed E-state index contributed by atoms with van der Waals surface area (Å²) in [6.07, 6.45) is 6.95. The molecule has 4 heteroatoms. The smallest absolute Gasteiger partial charge is 0.180 e. The van der Waals surface area contributed by atoms with E-state index in [0.29, 0.717) is 29.7 Å². The third kappa shape index (κ3) is 3.16. The highest BCUT2D eigenvalue weighted by Gasteiger charge is 2.23. The first kappa shape index (κ1) is 12.3. The van der Waals surface area contributed by atoms with Crippen molar-refractivity contribution in [2.24, 2.45) is 5.92 Å². The standard InChI is InChI=1S/C13H18N2OS/c1-2-3-4-10(16)7-9-5-6-12-11(8-9)15-13(14)17-12/h2,9H,1,3-8H2,(H2,14,15). The van der Waals surface area contributed by atoms with Crippen LogP contribution in [0.4, 0.5) is 5.13 Å². The number of carbonyl (C=O) groups is 1. The summed E-state index contributed by atoms with van der Waals surface area (Å²) in [5.74, 6) is 0.808. The monoisotopic (exact) mass is 250 g/mol. The lowest BCUT2D eigenvalue weighted by atomic mass is 9.86. The lowest BCUT2D eigenvalue weighted by molar-refractivity contribution is -0.120. The SMILES string of the molecule is C=CCCC(=O)CC1CCc2sc(N)nc2C1. The number of aryl methyl sites for hydroxylation is 1. The summed E-state index contributed by atoms with van der Waals surface area (Å²) < 4.78 is 0. The zero-order valence-corrected chi connectivity index (χ0v) is 10.8. The highest BCUT2D eigenvalue weighted by atomic mass is 32.1. The third-order valence-electron chi connectivity index (χ3n) is 3.20. The fourth-order valence-corrected chi connectivity index (χ4v) is 3.21. The van der Waals surface area contributed by atoms with Gasteiger partial charge < -0.3 is 5.73 Å². The maximum Gasteiger partial charge on any atom is 0.180 e. The molecule has 0 saturated heterocycles. The van der Waals surface area contributed by atoms with E-state index in [9.17, 15) is 4.79 Å². The fraction of sp³-hybridized carbons (Fsp3) is 0.538. The molecule has 0 fully saturated rings. The van der Waals surface area contributed by atoms with Crippen LogP contribution in [0, 0.1) is 5.92 Å². The number of nitrogens with two attached hydrogens (primary N) is 1. The van der Waals surface area contributed by atoms with Gasteiger partial charge in [-0.15, -0.1) is 17.9 Å². The van der Waals surface area contributed by atoms with Crippen LogP contribution in [-0.4, -0.2) is 10.8 Å². The Balaban J connectivity index is 1.89. The number of aromatic nitrogens is 1. The number of nitrogen functional groups attached to an aromatic ring is 1. The van der Waals surface area contributed by atoms with E-state index in [4.69, 9.17) is 5.73 Å². The van der Waals surface area contributed by atoms with Gasteiger partial charge in [0.05, 0.1) is 5.69 Å². The van der Waals surface area contributed by atoms with Gasteiger partial charge in [0.25, 0.3) is 0 Å². The highest BCUT2D eigenvalue weighted by Crippen LogP contribution is 2.32. The van der Waals surface area contributed by atoms with Gasteiger partial charge >= 0.3 is 0 Å². The van der Waals surface area contributed by atoms with Crippen molar-refractivity contribution in [1.29, 1.82) is 0 Å². The molecule has 2 rings (SSSR count). The van der Waals surface area contributed by atoms with E-state index in [-0.39, 0.29) is 0 Å². The molecule has 0 aromatic carbocycles. The molecule has 2 N–H and O–H groups in total. The molecule has 0 spiro atoms. The van der Waals surface area contributed by atoms with Gasteiger partial charge in [0, 0.05) is 17.7 Å². The molecule has 0 bridgehead atoms. The van der Waals surface area contributed by atoms with Crippen molar-refractivity contribution in [3.63, 3.8) is 0 Å². The quantitative estimate of drug-likeness (QED) is 0.817. The van der Waals surface area contributed by atoms with Crippen LogP contribution in [0.15, 0.2) is 12.7 Å².